The Morgan fingerprint density at radius 3 is 2.57 bits per heavy atom. The van der Waals surface area contributed by atoms with Crippen molar-refractivity contribution < 1.29 is 4.74 Å². The molecule has 3 nitrogen and oxygen atoms in total. The van der Waals surface area contributed by atoms with E-state index in [1.807, 2.05) is 12.1 Å². The molecule has 106 valence electrons. The third kappa shape index (κ3) is 2.64. The number of aromatic nitrogens is 2. The Hall–Kier alpha value is -1.55. The molecule has 3 rings (SSSR count). The van der Waals surface area contributed by atoms with Crippen molar-refractivity contribution >= 4 is 45.7 Å². The van der Waals surface area contributed by atoms with Crippen LogP contribution >= 0.6 is 34.8 Å². The van der Waals surface area contributed by atoms with Crippen molar-refractivity contribution in [3.63, 3.8) is 0 Å². The SMILES string of the molecule is COc1cc(Cl)ccc1-c1nc(Cl)c2cccc(Cl)c2n1. The van der Waals surface area contributed by atoms with E-state index in [4.69, 9.17) is 39.5 Å². The number of hydrogen-bond acceptors (Lipinski definition) is 3. The molecule has 0 aliphatic heterocycles. The van der Waals surface area contributed by atoms with Crippen LogP contribution in [0.15, 0.2) is 36.4 Å². The third-order valence-electron chi connectivity index (χ3n) is 3.04. The highest BCUT2D eigenvalue weighted by Crippen LogP contribution is 2.34. The molecule has 0 bridgehead atoms. The largest absolute Gasteiger partial charge is 0.496 e. The fraction of sp³-hybridized carbons (Fsp3) is 0.0667. The second kappa shape index (κ2) is 5.68. The van der Waals surface area contributed by atoms with E-state index in [1.54, 1.807) is 31.4 Å². The van der Waals surface area contributed by atoms with Gasteiger partial charge in [0, 0.05) is 10.4 Å². The fourth-order valence-electron chi connectivity index (χ4n) is 2.05. The summed E-state index contributed by atoms with van der Waals surface area (Å²) in [7, 11) is 1.56. The summed E-state index contributed by atoms with van der Waals surface area (Å²) in [4.78, 5) is 8.82. The lowest BCUT2D eigenvalue weighted by Crippen LogP contribution is -1.95. The summed E-state index contributed by atoms with van der Waals surface area (Å²) in [6, 6.07) is 10.6. The quantitative estimate of drug-likeness (QED) is 0.597. The molecule has 0 fully saturated rings. The maximum absolute atomic E-state index is 6.23. The molecule has 2 aromatic carbocycles. The number of hydrogen-bond donors (Lipinski definition) is 0. The Labute approximate surface area is 136 Å². The summed E-state index contributed by atoms with van der Waals surface area (Å²) in [5.41, 5.74) is 1.30. The van der Waals surface area contributed by atoms with Crippen molar-refractivity contribution in [2.24, 2.45) is 0 Å². The monoisotopic (exact) mass is 338 g/mol. The molecule has 1 heterocycles. The highest BCUT2D eigenvalue weighted by molar-refractivity contribution is 6.38. The zero-order valence-electron chi connectivity index (χ0n) is 10.9. The van der Waals surface area contributed by atoms with Crippen LogP contribution in [0.2, 0.25) is 15.2 Å². The van der Waals surface area contributed by atoms with Gasteiger partial charge in [0.25, 0.3) is 0 Å². The van der Waals surface area contributed by atoms with E-state index in [-0.39, 0.29) is 0 Å². The van der Waals surface area contributed by atoms with Gasteiger partial charge in [-0.15, -0.1) is 0 Å². The van der Waals surface area contributed by atoms with Crippen LogP contribution in [0, 0.1) is 0 Å². The standard InChI is InChI=1S/C15H9Cl3N2O/c1-21-12-7-8(16)5-6-9(12)15-19-13-10(14(18)20-15)3-2-4-11(13)17/h2-7H,1H3. The van der Waals surface area contributed by atoms with Gasteiger partial charge >= 0.3 is 0 Å². The molecular weight excluding hydrogens is 331 g/mol. The summed E-state index contributed by atoms with van der Waals surface area (Å²) >= 11 is 18.4. The lowest BCUT2D eigenvalue weighted by atomic mass is 10.1. The Morgan fingerprint density at radius 2 is 1.81 bits per heavy atom. The van der Waals surface area contributed by atoms with Crippen LogP contribution in [0.1, 0.15) is 0 Å². The van der Waals surface area contributed by atoms with E-state index in [0.717, 1.165) is 0 Å². The van der Waals surface area contributed by atoms with E-state index in [0.29, 0.717) is 43.2 Å². The average molecular weight is 340 g/mol. The van der Waals surface area contributed by atoms with Crippen LogP contribution in [-0.2, 0) is 0 Å². The summed E-state index contributed by atoms with van der Waals surface area (Å²) in [5.74, 6) is 1.01. The minimum absolute atomic E-state index is 0.342. The first-order chi connectivity index (χ1) is 10.1. The van der Waals surface area contributed by atoms with Crippen molar-refractivity contribution in [3.8, 4) is 17.1 Å². The Kier molecular flexibility index (Phi) is 3.89. The summed E-state index contributed by atoms with van der Waals surface area (Å²) in [5, 5.41) is 2.14. The Bertz CT molecular complexity index is 837. The molecule has 0 N–H and O–H groups in total. The van der Waals surface area contributed by atoms with Gasteiger partial charge in [0.15, 0.2) is 5.82 Å². The second-order valence-electron chi connectivity index (χ2n) is 4.32. The number of halogens is 3. The van der Waals surface area contributed by atoms with Crippen LogP contribution in [0.5, 0.6) is 5.75 Å². The number of benzene rings is 2. The molecule has 3 aromatic rings. The maximum Gasteiger partial charge on any atom is 0.165 e. The molecule has 0 saturated heterocycles. The topological polar surface area (TPSA) is 35.0 Å². The number of methoxy groups -OCH3 is 1. The van der Waals surface area contributed by atoms with E-state index in [1.165, 1.54) is 0 Å². The summed E-state index contributed by atoms with van der Waals surface area (Å²) in [6.45, 7) is 0. The van der Waals surface area contributed by atoms with Crippen LogP contribution in [0.25, 0.3) is 22.3 Å². The molecule has 0 atom stereocenters. The van der Waals surface area contributed by atoms with Crippen molar-refractivity contribution in [2.45, 2.75) is 0 Å². The number of rotatable bonds is 2. The van der Waals surface area contributed by atoms with E-state index in [9.17, 15) is 0 Å². The highest BCUT2D eigenvalue weighted by Gasteiger charge is 2.14. The molecule has 0 unspecified atom stereocenters. The molecule has 0 amide bonds. The van der Waals surface area contributed by atoms with Crippen molar-refractivity contribution in [3.05, 3.63) is 51.6 Å². The zero-order valence-corrected chi connectivity index (χ0v) is 13.2. The lowest BCUT2D eigenvalue weighted by molar-refractivity contribution is 0.416. The van der Waals surface area contributed by atoms with Gasteiger partial charge in [-0.25, -0.2) is 9.97 Å². The van der Waals surface area contributed by atoms with Crippen LogP contribution in [0.3, 0.4) is 0 Å². The highest BCUT2D eigenvalue weighted by atomic mass is 35.5. The molecular formula is C15H9Cl3N2O. The van der Waals surface area contributed by atoms with Gasteiger partial charge in [-0.2, -0.15) is 0 Å². The summed E-state index contributed by atoms with van der Waals surface area (Å²) in [6.07, 6.45) is 0. The maximum atomic E-state index is 6.23. The predicted octanol–water partition coefficient (Wildman–Crippen LogP) is 5.27. The van der Waals surface area contributed by atoms with Gasteiger partial charge in [0.05, 0.1) is 23.2 Å². The molecule has 0 aliphatic rings. The van der Waals surface area contributed by atoms with E-state index >= 15 is 0 Å². The molecule has 0 saturated carbocycles. The zero-order chi connectivity index (χ0) is 15.0. The van der Waals surface area contributed by atoms with Crippen LogP contribution in [-0.4, -0.2) is 17.1 Å². The van der Waals surface area contributed by atoms with Gasteiger partial charge in [0.1, 0.15) is 10.9 Å². The van der Waals surface area contributed by atoms with Crippen LogP contribution < -0.4 is 4.74 Å². The molecule has 1 aromatic heterocycles. The van der Waals surface area contributed by atoms with Crippen LogP contribution in [0.4, 0.5) is 0 Å². The molecule has 0 aliphatic carbocycles. The smallest absolute Gasteiger partial charge is 0.165 e. The Morgan fingerprint density at radius 1 is 1.00 bits per heavy atom. The molecule has 6 heteroatoms. The molecule has 21 heavy (non-hydrogen) atoms. The van der Waals surface area contributed by atoms with Crippen molar-refractivity contribution in [1.82, 2.24) is 9.97 Å². The van der Waals surface area contributed by atoms with Gasteiger partial charge in [-0.1, -0.05) is 40.9 Å². The van der Waals surface area contributed by atoms with Gasteiger partial charge in [-0.3, -0.25) is 0 Å². The summed E-state index contributed by atoms with van der Waals surface area (Å²) < 4.78 is 5.32. The van der Waals surface area contributed by atoms with E-state index in [2.05, 4.69) is 9.97 Å². The van der Waals surface area contributed by atoms with Gasteiger partial charge in [-0.05, 0) is 30.3 Å². The third-order valence-corrected chi connectivity index (χ3v) is 3.86. The Balaban J connectivity index is 2.29. The average Bonchev–Trinajstić information content (AvgIpc) is 2.48. The predicted molar refractivity (Wildman–Crippen MR) is 86.6 cm³/mol. The fourth-order valence-corrected chi connectivity index (χ4v) is 2.66. The first kappa shape index (κ1) is 14.4. The minimum atomic E-state index is 0.342. The van der Waals surface area contributed by atoms with E-state index < -0.39 is 0 Å². The number of nitrogens with zero attached hydrogens (tertiary/aromatic N) is 2. The molecule has 0 spiro atoms. The number of ether oxygens (including phenoxy) is 1. The van der Waals surface area contributed by atoms with Gasteiger partial charge < -0.3 is 4.74 Å². The first-order valence-electron chi connectivity index (χ1n) is 6.06. The lowest BCUT2D eigenvalue weighted by Gasteiger charge is -2.10. The molecule has 0 radical (unpaired) electrons. The number of para-hydroxylation sites is 1. The van der Waals surface area contributed by atoms with Crippen molar-refractivity contribution in [1.29, 1.82) is 0 Å². The second-order valence-corrected chi connectivity index (χ2v) is 5.52. The normalized spacial score (nSPS) is 10.9. The number of fused-ring (bicyclic) bond motifs is 1. The van der Waals surface area contributed by atoms with Crippen molar-refractivity contribution in [2.75, 3.05) is 7.11 Å². The van der Waals surface area contributed by atoms with Gasteiger partial charge in [0.2, 0.25) is 0 Å². The minimum Gasteiger partial charge on any atom is -0.496 e. The first-order valence-corrected chi connectivity index (χ1v) is 7.19.